The summed E-state index contributed by atoms with van der Waals surface area (Å²) in [7, 11) is 0. The van der Waals surface area contributed by atoms with Crippen LogP contribution in [0.2, 0.25) is 0 Å². The number of aliphatic carboxylic acids is 1. The first-order chi connectivity index (χ1) is 7.58. The van der Waals surface area contributed by atoms with Crippen LogP contribution in [0.1, 0.15) is 41.0 Å². The van der Waals surface area contributed by atoms with Crippen molar-refractivity contribution in [1.29, 1.82) is 0 Å². The van der Waals surface area contributed by atoms with Gasteiger partial charge in [0.15, 0.2) is 0 Å². The average molecular weight is 241 g/mol. The minimum Gasteiger partial charge on any atom is -0.481 e. The molecule has 1 rings (SSSR count). The van der Waals surface area contributed by atoms with Crippen molar-refractivity contribution >= 4 is 11.9 Å². The lowest BCUT2D eigenvalue weighted by Crippen LogP contribution is -2.40. The molecule has 0 aliphatic carbocycles. The quantitative estimate of drug-likeness (QED) is 0.804. The summed E-state index contributed by atoms with van der Waals surface area (Å²) >= 11 is 0. The Bertz CT molecular complexity index is 332. The molecule has 4 nitrogen and oxygen atoms in total. The maximum atomic E-state index is 12.2. The molecular formula is C13H23NO3. The van der Waals surface area contributed by atoms with Crippen molar-refractivity contribution in [3.63, 3.8) is 0 Å². The number of carboxylic acids is 1. The Kier molecular flexibility index (Phi) is 3.55. The van der Waals surface area contributed by atoms with E-state index in [2.05, 4.69) is 0 Å². The normalized spacial score (nSPS) is 27.0. The third-order valence-corrected chi connectivity index (χ3v) is 3.97. The molecule has 0 saturated carbocycles. The number of nitrogens with zero attached hydrogens (tertiary/aromatic N) is 1. The number of rotatable bonds is 2. The molecule has 17 heavy (non-hydrogen) atoms. The molecule has 0 aromatic carbocycles. The minimum atomic E-state index is -0.809. The van der Waals surface area contributed by atoms with Crippen LogP contribution in [-0.4, -0.2) is 35.0 Å². The molecule has 2 unspecified atom stereocenters. The number of amides is 1. The van der Waals surface area contributed by atoms with Gasteiger partial charge in [-0.3, -0.25) is 9.59 Å². The molecular weight excluding hydrogens is 218 g/mol. The lowest BCUT2D eigenvalue weighted by Gasteiger charge is -2.30. The number of carboxylic acid groups (broad SMARTS) is 1. The van der Waals surface area contributed by atoms with Crippen molar-refractivity contribution in [3.05, 3.63) is 0 Å². The van der Waals surface area contributed by atoms with E-state index >= 15 is 0 Å². The molecule has 1 aliphatic heterocycles. The van der Waals surface area contributed by atoms with Gasteiger partial charge in [0.2, 0.25) is 5.91 Å². The predicted molar refractivity (Wildman–Crippen MR) is 65.6 cm³/mol. The Labute approximate surface area is 103 Å². The van der Waals surface area contributed by atoms with Gasteiger partial charge in [0.1, 0.15) is 0 Å². The molecule has 1 saturated heterocycles. The highest BCUT2D eigenvalue weighted by Gasteiger charge is 2.43. The second kappa shape index (κ2) is 4.31. The van der Waals surface area contributed by atoms with Gasteiger partial charge < -0.3 is 10.0 Å². The number of likely N-dealkylation sites (tertiary alicyclic amines) is 1. The van der Waals surface area contributed by atoms with Gasteiger partial charge in [-0.2, -0.15) is 0 Å². The first kappa shape index (κ1) is 14.0. The third-order valence-electron chi connectivity index (χ3n) is 3.97. The van der Waals surface area contributed by atoms with Crippen LogP contribution in [0.4, 0.5) is 0 Å². The Hall–Kier alpha value is -1.06. The van der Waals surface area contributed by atoms with Crippen LogP contribution in [0.25, 0.3) is 0 Å². The summed E-state index contributed by atoms with van der Waals surface area (Å²) in [5, 5.41) is 9.13. The Morgan fingerprint density at radius 1 is 1.35 bits per heavy atom. The molecule has 2 atom stereocenters. The van der Waals surface area contributed by atoms with E-state index in [4.69, 9.17) is 5.11 Å². The summed E-state index contributed by atoms with van der Waals surface area (Å²) in [5.74, 6) is -0.822. The van der Waals surface area contributed by atoms with Crippen molar-refractivity contribution in [2.45, 2.75) is 41.0 Å². The highest BCUT2D eigenvalue weighted by atomic mass is 16.4. The second-order valence-corrected chi connectivity index (χ2v) is 6.46. The molecule has 1 amide bonds. The molecule has 0 spiro atoms. The Balaban J connectivity index is 2.73. The topological polar surface area (TPSA) is 57.6 Å². The molecule has 0 bridgehead atoms. The van der Waals surface area contributed by atoms with Gasteiger partial charge in [0.05, 0.1) is 5.41 Å². The molecule has 1 fully saturated rings. The summed E-state index contributed by atoms with van der Waals surface area (Å²) in [5.41, 5.74) is -0.855. The third kappa shape index (κ3) is 2.79. The summed E-state index contributed by atoms with van der Waals surface area (Å²) in [6.45, 7) is 10.6. The Morgan fingerprint density at radius 2 is 1.88 bits per heavy atom. The number of hydrogen-bond acceptors (Lipinski definition) is 2. The zero-order valence-electron chi connectivity index (χ0n) is 11.4. The van der Waals surface area contributed by atoms with Crippen LogP contribution < -0.4 is 0 Å². The van der Waals surface area contributed by atoms with E-state index in [1.807, 2.05) is 27.7 Å². The van der Waals surface area contributed by atoms with E-state index < -0.39 is 11.4 Å². The zero-order valence-corrected chi connectivity index (χ0v) is 11.4. The molecule has 0 aromatic rings. The summed E-state index contributed by atoms with van der Waals surface area (Å²) < 4.78 is 0. The molecule has 0 radical (unpaired) electrons. The number of hydrogen-bond donors (Lipinski definition) is 1. The minimum absolute atomic E-state index is 0.0717. The smallest absolute Gasteiger partial charge is 0.311 e. The standard InChI is InChI=1S/C13H23NO3/c1-9(12(2,3)4)10(15)14-7-6-13(5,8-14)11(16)17/h9H,6-8H2,1-5H3,(H,16,17). The van der Waals surface area contributed by atoms with E-state index in [-0.39, 0.29) is 17.2 Å². The maximum absolute atomic E-state index is 12.2. The molecule has 0 aromatic heterocycles. The summed E-state index contributed by atoms with van der Waals surface area (Å²) in [6.07, 6.45) is 0.547. The predicted octanol–water partition coefficient (Wildman–Crippen LogP) is 1.99. The SMILES string of the molecule is CC(C(=O)N1CCC(C)(C(=O)O)C1)C(C)(C)C. The van der Waals surface area contributed by atoms with Crippen molar-refractivity contribution in [1.82, 2.24) is 4.90 Å². The van der Waals surface area contributed by atoms with Gasteiger partial charge in [0, 0.05) is 19.0 Å². The number of carbonyl (C=O) groups is 2. The second-order valence-electron chi connectivity index (χ2n) is 6.46. The molecule has 4 heteroatoms. The fourth-order valence-corrected chi connectivity index (χ4v) is 1.97. The first-order valence-corrected chi connectivity index (χ1v) is 6.10. The van der Waals surface area contributed by atoms with Crippen molar-refractivity contribution in [2.75, 3.05) is 13.1 Å². The highest BCUT2D eigenvalue weighted by molar-refractivity contribution is 5.82. The van der Waals surface area contributed by atoms with Gasteiger partial charge >= 0.3 is 5.97 Å². The monoisotopic (exact) mass is 241 g/mol. The van der Waals surface area contributed by atoms with Gasteiger partial charge in [0.25, 0.3) is 0 Å². The molecule has 98 valence electrons. The lowest BCUT2D eigenvalue weighted by atomic mass is 9.81. The van der Waals surface area contributed by atoms with Crippen molar-refractivity contribution in [3.8, 4) is 0 Å². The van der Waals surface area contributed by atoms with E-state index in [1.54, 1.807) is 11.8 Å². The zero-order chi connectivity index (χ0) is 13.4. The van der Waals surface area contributed by atoms with Crippen LogP contribution in [-0.2, 0) is 9.59 Å². The van der Waals surface area contributed by atoms with Crippen LogP contribution >= 0.6 is 0 Å². The molecule has 1 aliphatic rings. The van der Waals surface area contributed by atoms with Crippen LogP contribution in [0.15, 0.2) is 0 Å². The van der Waals surface area contributed by atoms with E-state index in [9.17, 15) is 9.59 Å². The average Bonchev–Trinajstić information content (AvgIpc) is 2.59. The Morgan fingerprint density at radius 3 is 2.24 bits per heavy atom. The van der Waals surface area contributed by atoms with Crippen molar-refractivity contribution in [2.24, 2.45) is 16.7 Å². The number of carbonyl (C=O) groups excluding carboxylic acids is 1. The lowest BCUT2D eigenvalue weighted by molar-refractivity contribution is -0.147. The van der Waals surface area contributed by atoms with Crippen molar-refractivity contribution < 1.29 is 14.7 Å². The van der Waals surface area contributed by atoms with E-state index in [1.165, 1.54) is 0 Å². The van der Waals surface area contributed by atoms with E-state index in [0.717, 1.165) is 0 Å². The largest absolute Gasteiger partial charge is 0.481 e. The molecule has 1 heterocycles. The van der Waals surface area contributed by atoms with Gasteiger partial charge in [-0.05, 0) is 18.8 Å². The summed E-state index contributed by atoms with van der Waals surface area (Å²) in [4.78, 5) is 25.1. The summed E-state index contributed by atoms with van der Waals surface area (Å²) in [6, 6.07) is 0. The van der Waals surface area contributed by atoms with E-state index in [0.29, 0.717) is 19.5 Å². The highest BCUT2D eigenvalue weighted by Crippen LogP contribution is 2.34. The fraction of sp³-hybridized carbons (Fsp3) is 0.846. The van der Waals surface area contributed by atoms with Gasteiger partial charge in [-0.15, -0.1) is 0 Å². The van der Waals surface area contributed by atoms with Crippen LogP contribution in [0, 0.1) is 16.7 Å². The first-order valence-electron chi connectivity index (χ1n) is 6.10. The van der Waals surface area contributed by atoms with Gasteiger partial charge in [-0.25, -0.2) is 0 Å². The van der Waals surface area contributed by atoms with Crippen LogP contribution in [0.5, 0.6) is 0 Å². The van der Waals surface area contributed by atoms with Crippen LogP contribution in [0.3, 0.4) is 0 Å². The fourth-order valence-electron chi connectivity index (χ4n) is 1.97. The maximum Gasteiger partial charge on any atom is 0.311 e. The molecule has 1 N–H and O–H groups in total. The van der Waals surface area contributed by atoms with Gasteiger partial charge in [-0.1, -0.05) is 27.7 Å².